The summed E-state index contributed by atoms with van der Waals surface area (Å²) in [7, 11) is 0. The zero-order valence-corrected chi connectivity index (χ0v) is 22.9. The molecule has 0 unspecified atom stereocenters. The molecule has 3 aromatic carbocycles. The summed E-state index contributed by atoms with van der Waals surface area (Å²) < 4.78 is 0. The van der Waals surface area contributed by atoms with Crippen molar-refractivity contribution in [2.45, 2.75) is 24.2 Å². The molecule has 7 heteroatoms. The summed E-state index contributed by atoms with van der Waals surface area (Å²) in [5.74, 6) is 0.394. The first kappa shape index (κ1) is 26.5. The molecular weight excluding hydrogens is 514 g/mol. The molecule has 0 aromatic heterocycles. The van der Waals surface area contributed by atoms with Gasteiger partial charge >= 0.3 is 0 Å². The van der Waals surface area contributed by atoms with Crippen LogP contribution in [0.25, 0.3) is 6.08 Å². The Morgan fingerprint density at radius 2 is 1.76 bits per heavy atom. The number of benzene rings is 3. The van der Waals surface area contributed by atoms with Crippen molar-refractivity contribution in [2.24, 2.45) is 5.92 Å². The Morgan fingerprint density at radius 3 is 2.55 bits per heavy atom. The number of nitrogens with zero attached hydrogens (tertiary/aromatic N) is 2. The molecule has 5 rings (SSSR count). The minimum Gasteiger partial charge on any atom is -0.353 e. The predicted molar refractivity (Wildman–Crippen MR) is 156 cm³/mol. The van der Waals surface area contributed by atoms with Gasteiger partial charge in [-0.3, -0.25) is 14.5 Å². The fraction of sp³-hybridized carbons (Fsp3) is 0.290. The number of anilines is 1. The van der Waals surface area contributed by atoms with E-state index in [2.05, 4.69) is 40.5 Å². The Labute approximate surface area is 233 Å². The first-order chi connectivity index (χ1) is 18.5. The van der Waals surface area contributed by atoms with Crippen LogP contribution in [0.1, 0.15) is 24.0 Å². The molecule has 196 valence electrons. The minimum atomic E-state index is -0.177. The molecule has 0 radical (unpaired) electrons. The fourth-order valence-corrected chi connectivity index (χ4v) is 6.34. The third-order valence-electron chi connectivity index (χ3n) is 7.10. The Bertz CT molecular complexity index is 1310. The molecule has 3 aromatic rings. The first-order valence-corrected chi connectivity index (χ1v) is 14.3. The normalized spacial score (nSPS) is 17.4. The maximum absolute atomic E-state index is 13.4. The lowest BCUT2D eigenvalue weighted by atomic mass is 9.90. The highest BCUT2D eigenvalue weighted by molar-refractivity contribution is 8.04. The third kappa shape index (κ3) is 6.87. The monoisotopic (exact) mass is 545 g/mol. The number of carbonyl (C=O) groups is 2. The van der Waals surface area contributed by atoms with Crippen molar-refractivity contribution in [3.05, 3.63) is 99.9 Å². The first-order valence-electron chi connectivity index (χ1n) is 13.1. The van der Waals surface area contributed by atoms with Gasteiger partial charge in [0, 0.05) is 23.0 Å². The van der Waals surface area contributed by atoms with Gasteiger partial charge in [-0.1, -0.05) is 78.0 Å². The van der Waals surface area contributed by atoms with Crippen LogP contribution in [0.5, 0.6) is 0 Å². The number of carbonyl (C=O) groups excluding carboxylic acids is 2. The number of fused-ring (bicyclic) bond motifs is 1. The molecule has 0 bridgehead atoms. The Hall–Kier alpha value is -3.06. The number of rotatable bonds is 8. The van der Waals surface area contributed by atoms with E-state index in [1.54, 1.807) is 11.0 Å². The number of hydrogen-bond acceptors (Lipinski definition) is 4. The number of para-hydroxylation sites is 1. The van der Waals surface area contributed by atoms with E-state index in [0.29, 0.717) is 16.5 Å². The largest absolute Gasteiger partial charge is 0.353 e. The van der Waals surface area contributed by atoms with E-state index < -0.39 is 0 Å². The molecule has 0 aliphatic carbocycles. The molecule has 1 fully saturated rings. The molecule has 2 heterocycles. The van der Waals surface area contributed by atoms with Gasteiger partial charge < -0.3 is 10.2 Å². The molecule has 0 atom stereocenters. The Morgan fingerprint density at radius 1 is 1.00 bits per heavy atom. The van der Waals surface area contributed by atoms with Crippen LogP contribution in [0.2, 0.25) is 5.02 Å². The van der Waals surface area contributed by atoms with Gasteiger partial charge in [0.05, 0.1) is 10.6 Å². The summed E-state index contributed by atoms with van der Waals surface area (Å²) in [5, 5.41) is 3.65. The second-order valence-corrected chi connectivity index (χ2v) is 11.4. The van der Waals surface area contributed by atoms with Gasteiger partial charge in [-0.15, -0.1) is 0 Å². The zero-order chi connectivity index (χ0) is 26.3. The van der Waals surface area contributed by atoms with Crippen molar-refractivity contribution >= 4 is 46.9 Å². The average molecular weight is 546 g/mol. The van der Waals surface area contributed by atoms with E-state index in [4.69, 9.17) is 11.6 Å². The SMILES string of the molecule is O=C(CN1C(=O)C(=Cc2cccc(Cl)c2)Sc2ccccc21)NCCN1CCC(Cc2ccccc2)CC1. The number of piperidine rings is 1. The highest BCUT2D eigenvalue weighted by Crippen LogP contribution is 2.42. The van der Waals surface area contributed by atoms with E-state index in [0.717, 1.165) is 48.1 Å². The molecule has 1 N–H and O–H groups in total. The average Bonchev–Trinajstić information content (AvgIpc) is 2.93. The number of thioether (sulfide) groups is 1. The topological polar surface area (TPSA) is 52.7 Å². The molecular formula is C31H32ClN3O2S. The second-order valence-electron chi connectivity index (χ2n) is 9.85. The third-order valence-corrected chi connectivity index (χ3v) is 8.42. The van der Waals surface area contributed by atoms with Gasteiger partial charge in [0.25, 0.3) is 5.91 Å². The molecule has 0 saturated carbocycles. The van der Waals surface area contributed by atoms with Crippen molar-refractivity contribution in [2.75, 3.05) is 37.6 Å². The molecule has 0 spiro atoms. The van der Waals surface area contributed by atoms with Crippen LogP contribution in [-0.2, 0) is 16.0 Å². The fourth-order valence-electron chi connectivity index (χ4n) is 5.08. The van der Waals surface area contributed by atoms with Crippen LogP contribution in [0, 0.1) is 5.92 Å². The van der Waals surface area contributed by atoms with Crippen LogP contribution >= 0.6 is 23.4 Å². The minimum absolute atomic E-state index is 0.0115. The van der Waals surface area contributed by atoms with Gasteiger partial charge in [-0.2, -0.15) is 0 Å². The smallest absolute Gasteiger partial charge is 0.265 e. The summed E-state index contributed by atoms with van der Waals surface area (Å²) >= 11 is 7.56. The van der Waals surface area contributed by atoms with Gasteiger partial charge in [0.15, 0.2) is 0 Å². The van der Waals surface area contributed by atoms with Crippen molar-refractivity contribution < 1.29 is 9.59 Å². The van der Waals surface area contributed by atoms with Gasteiger partial charge in [0.1, 0.15) is 6.54 Å². The number of amides is 2. The lowest BCUT2D eigenvalue weighted by Crippen LogP contribution is -2.45. The van der Waals surface area contributed by atoms with Crippen LogP contribution in [0.3, 0.4) is 0 Å². The second kappa shape index (κ2) is 12.7. The van der Waals surface area contributed by atoms with E-state index in [1.807, 2.05) is 48.5 Å². The number of halogens is 1. The molecule has 1 saturated heterocycles. The van der Waals surface area contributed by atoms with Crippen LogP contribution in [0.4, 0.5) is 5.69 Å². The van der Waals surface area contributed by atoms with E-state index in [1.165, 1.54) is 30.2 Å². The number of hydrogen-bond donors (Lipinski definition) is 1. The van der Waals surface area contributed by atoms with E-state index >= 15 is 0 Å². The molecule has 2 aliphatic heterocycles. The molecule has 5 nitrogen and oxygen atoms in total. The lowest BCUT2D eigenvalue weighted by molar-refractivity contribution is -0.122. The van der Waals surface area contributed by atoms with Crippen LogP contribution in [-0.4, -0.2) is 49.4 Å². The Balaban J connectivity index is 1.14. The van der Waals surface area contributed by atoms with Gasteiger partial charge in [0.2, 0.25) is 5.91 Å². The van der Waals surface area contributed by atoms with Crippen LogP contribution in [0.15, 0.2) is 88.7 Å². The summed E-state index contributed by atoms with van der Waals surface area (Å²) in [6.45, 7) is 3.50. The number of nitrogens with one attached hydrogen (secondary N) is 1. The summed E-state index contributed by atoms with van der Waals surface area (Å²) in [5.41, 5.74) is 3.03. The number of likely N-dealkylation sites (tertiary alicyclic amines) is 1. The quantitative estimate of drug-likeness (QED) is 0.359. The van der Waals surface area contributed by atoms with Gasteiger partial charge in [-0.25, -0.2) is 0 Å². The zero-order valence-electron chi connectivity index (χ0n) is 21.3. The molecule has 38 heavy (non-hydrogen) atoms. The molecule has 2 amide bonds. The van der Waals surface area contributed by atoms with Crippen LogP contribution < -0.4 is 10.2 Å². The predicted octanol–water partition coefficient (Wildman–Crippen LogP) is 5.89. The van der Waals surface area contributed by atoms with Crippen molar-refractivity contribution in [3.8, 4) is 0 Å². The summed E-state index contributed by atoms with van der Waals surface area (Å²) in [4.78, 5) is 31.8. The van der Waals surface area contributed by atoms with Crippen molar-refractivity contribution in [1.82, 2.24) is 10.2 Å². The molecule has 2 aliphatic rings. The van der Waals surface area contributed by atoms with Gasteiger partial charge in [-0.05, 0) is 79.7 Å². The maximum atomic E-state index is 13.4. The standard InChI is InChI=1S/C31H32ClN3O2S/c32-26-10-6-9-25(20-26)21-29-31(37)35(27-11-4-5-12-28(27)38-29)22-30(36)33-15-18-34-16-13-24(14-17-34)19-23-7-2-1-3-8-23/h1-12,20-21,24H,13-19,22H2,(H,33,36). The van der Waals surface area contributed by atoms with Crippen molar-refractivity contribution in [1.29, 1.82) is 0 Å². The highest BCUT2D eigenvalue weighted by atomic mass is 35.5. The highest BCUT2D eigenvalue weighted by Gasteiger charge is 2.30. The van der Waals surface area contributed by atoms with E-state index in [9.17, 15) is 9.59 Å². The van der Waals surface area contributed by atoms with E-state index in [-0.39, 0.29) is 18.4 Å². The lowest BCUT2D eigenvalue weighted by Gasteiger charge is -2.32. The summed E-state index contributed by atoms with van der Waals surface area (Å²) in [6.07, 6.45) is 5.34. The summed E-state index contributed by atoms with van der Waals surface area (Å²) in [6, 6.07) is 25.8. The van der Waals surface area contributed by atoms with Crippen molar-refractivity contribution in [3.63, 3.8) is 0 Å². The Kier molecular flexibility index (Phi) is 8.84. The maximum Gasteiger partial charge on any atom is 0.265 e.